The molecule has 2 fully saturated rings. The van der Waals surface area contributed by atoms with Crippen molar-refractivity contribution in [2.45, 2.75) is 44.0 Å². The molecule has 0 unspecified atom stereocenters. The number of hydrogen-bond acceptors (Lipinski definition) is 5. The Labute approximate surface area is 156 Å². The molecule has 140 valence electrons. The van der Waals surface area contributed by atoms with Gasteiger partial charge in [-0.2, -0.15) is 0 Å². The number of carbonyl (C=O) groups excluding carboxylic acids is 3. The fourth-order valence-electron chi connectivity index (χ4n) is 3.24. The van der Waals surface area contributed by atoms with Gasteiger partial charge in [-0.25, -0.2) is 0 Å². The largest absolute Gasteiger partial charge is 0.484 e. The average Bonchev–Trinajstić information content (AvgIpc) is 3.14. The fraction of sp³-hybridized carbons (Fsp3) is 0.500. The molecule has 8 heteroatoms. The number of aryl methyl sites for hydroxylation is 1. The third kappa shape index (κ3) is 3.80. The van der Waals surface area contributed by atoms with Gasteiger partial charge in [-0.15, -0.1) is 11.8 Å². The highest BCUT2D eigenvalue weighted by Crippen LogP contribution is 2.47. The summed E-state index contributed by atoms with van der Waals surface area (Å²) in [6.07, 6.45) is 2.15. The maximum Gasteiger partial charge on any atom is 0.276 e. The standard InChI is InChI=1S/C18H23N3O4S/c1-3-12-4-6-13(7-5-12)25-10-15(22)19-20-17(24)14-11-26-18(2)9-8-16(23)21(14)18/h4-7,14H,3,8-11H2,1-2H3,(H,19,22)(H,20,24)/t14-,18-/m1/s1. The molecule has 2 atom stereocenters. The second-order valence-corrected chi connectivity index (χ2v) is 8.09. The van der Waals surface area contributed by atoms with E-state index in [4.69, 9.17) is 4.74 Å². The van der Waals surface area contributed by atoms with E-state index in [-0.39, 0.29) is 23.3 Å². The first-order chi connectivity index (χ1) is 12.4. The van der Waals surface area contributed by atoms with E-state index in [9.17, 15) is 14.4 Å². The maximum atomic E-state index is 12.4. The number of rotatable bonds is 5. The Morgan fingerprint density at radius 1 is 1.31 bits per heavy atom. The van der Waals surface area contributed by atoms with Crippen molar-refractivity contribution in [2.24, 2.45) is 0 Å². The molecular weight excluding hydrogens is 354 g/mol. The van der Waals surface area contributed by atoms with Gasteiger partial charge in [-0.05, 0) is 37.5 Å². The predicted octanol–water partition coefficient (Wildman–Crippen LogP) is 1.23. The Hall–Kier alpha value is -2.22. The Morgan fingerprint density at radius 3 is 2.73 bits per heavy atom. The monoisotopic (exact) mass is 377 g/mol. The van der Waals surface area contributed by atoms with Gasteiger partial charge in [0.2, 0.25) is 5.91 Å². The lowest BCUT2D eigenvalue weighted by Gasteiger charge is -2.29. The summed E-state index contributed by atoms with van der Waals surface area (Å²) in [4.78, 5) is 37.6. The van der Waals surface area contributed by atoms with Crippen molar-refractivity contribution >= 4 is 29.5 Å². The van der Waals surface area contributed by atoms with Crippen LogP contribution in [0.1, 0.15) is 32.3 Å². The smallest absolute Gasteiger partial charge is 0.276 e. The van der Waals surface area contributed by atoms with E-state index < -0.39 is 11.9 Å². The Balaban J connectivity index is 1.45. The molecule has 2 aliphatic rings. The minimum Gasteiger partial charge on any atom is -0.484 e. The third-order valence-electron chi connectivity index (χ3n) is 4.77. The number of nitrogens with one attached hydrogen (secondary N) is 2. The van der Waals surface area contributed by atoms with Crippen LogP contribution in [-0.4, -0.2) is 45.9 Å². The zero-order chi connectivity index (χ0) is 18.7. The van der Waals surface area contributed by atoms with E-state index in [1.807, 2.05) is 19.1 Å². The molecule has 2 aliphatic heterocycles. The van der Waals surface area contributed by atoms with Gasteiger partial charge in [-0.1, -0.05) is 19.1 Å². The van der Waals surface area contributed by atoms with Crippen molar-refractivity contribution in [1.29, 1.82) is 0 Å². The molecule has 0 bridgehead atoms. The summed E-state index contributed by atoms with van der Waals surface area (Å²) in [6, 6.07) is 6.94. The summed E-state index contributed by atoms with van der Waals surface area (Å²) in [5.41, 5.74) is 5.94. The molecule has 0 aromatic heterocycles. The minimum absolute atomic E-state index is 0.0113. The highest BCUT2D eigenvalue weighted by molar-refractivity contribution is 8.01. The van der Waals surface area contributed by atoms with Crippen LogP contribution in [0.25, 0.3) is 0 Å². The second kappa shape index (κ2) is 7.57. The van der Waals surface area contributed by atoms with Gasteiger partial charge in [0.15, 0.2) is 6.61 Å². The second-order valence-electron chi connectivity index (χ2n) is 6.59. The van der Waals surface area contributed by atoms with E-state index in [1.54, 1.807) is 28.8 Å². The van der Waals surface area contributed by atoms with Crippen LogP contribution in [0.3, 0.4) is 0 Å². The van der Waals surface area contributed by atoms with Gasteiger partial charge in [0.1, 0.15) is 11.8 Å². The van der Waals surface area contributed by atoms with E-state index in [0.717, 1.165) is 12.8 Å². The maximum absolute atomic E-state index is 12.4. The molecule has 3 rings (SSSR count). The highest BCUT2D eigenvalue weighted by atomic mass is 32.2. The number of hydrogen-bond donors (Lipinski definition) is 2. The van der Waals surface area contributed by atoms with E-state index in [1.165, 1.54) is 5.56 Å². The van der Waals surface area contributed by atoms with Crippen molar-refractivity contribution in [3.05, 3.63) is 29.8 Å². The number of fused-ring (bicyclic) bond motifs is 1. The first-order valence-electron chi connectivity index (χ1n) is 8.69. The number of hydrazine groups is 1. The summed E-state index contributed by atoms with van der Waals surface area (Å²) >= 11 is 1.61. The van der Waals surface area contributed by atoms with Crippen molar-refractivity contribution in [3.8, 4) is 5.75 Å². The van der Waals surface area contributed by atoms with Crippen LogP contribution in [-0.2, 0) is 20.8 Å². The quantitative estimate of drug-likeness (QED) is 0.754. The average molecular weight is 377 g/mol. The zero-order valence-corrected chi connectivity index (χ0v) is 15.7. The molecule has 2 N–H and O–H groups in total. The van der Waals surface area contributed by atoms with Gasteiger partial charge in [0.25, 0.3) is 11.8 Å². The molecule has 0 spiro atoms. The molecule has 7 nitrogen and oxygen atoms in total. The van der Waals surface area contributed by atoms with Crippen LogP contribution >= 0.6 is 11.8 Å². The van der Waals surface area contributed by atoms with Crippen LogP contribution in [0.15, 0.2) is 24.3 Å². The zero-order valence-electron chi connectivity index (χ0n) is 14.9. The topological polar surface area (TPSA) is 87.7 Å². The number of amides is 3. The van der Waals surface area contributed by atoms with Crippen LogP contribution in [0, 0.1) is 0 Å². The molecule has 3 amide bonds. The Morgan fingerprint density at radius 2 is 2.04 bits per heavy atom. The van der Waals surface area contributed by atoms with E-state index >= 15 is 0 Å². The first-order valence-corrected chi connectivity index (χ1v) is 9.68. The summed E-state index contributed by atoms with van der Waals surface area (Å²) < 4.78 is 5.40. The third-order valence-corrected chi connectivity index (χ3v) is 6.28. The molecule has 26 heavy (non-hydrogen) atoms. The van der Waals surface area contributed by atoms with E-state index in [0.29, 0.717) is 17.9 Å². The fourth-order valence-corrected chi connectivity index (χ4v) is 4.67. The van der Waals surface area contributed by atoms with Gasteiger partial charge in [0.05, 0.1) is 4.87 Å². The Kier molecular flexibility index (Phi) is 5.41. The summed E-state index contributed by atoms with van der Waals surface area (Å²) in [5, 5.41) is 0. The van der Waals surface area contributed by atoms with Gasteiger partial charge < -0.3 is 9.64 Å². The lowest BCUT2D eigenvalue weighted by molar-refractivity contribution is -0.139. The van der Waals surface area contributed by atoms with Crippen LogP contribution in [0.5, 0.6) is 5.75 Å². The lowest BCUT2D eigenvalue weighted by atomic mass is 10.2. The number of ether oxygens (including phenoxy) is 1. The summed E-state index contributed by atoms with van der Waals surface area (Å²) in [5.74, 6) is 0.276. The number of thioether (sulfide) groups is 1. The molecule has 2 saturated heterocycles. The summed E-state index contributed by atoms with van der Waals surface area (Å²) in [6.45, 7) is 3.84. The minimum atomic E-state index is -0.553. The predicted molar refractivity (Wildman–Crippen MR) is 98.3 cm³/mol. The van der Waals surface area contributed by atoms with Crippen LogP contribution in [0.4, 0.5) is 0 Å². The molecule has 1 aromatic rings. The van der Waals surface area contributed by atoms with Crippen molar-refractivity contribution in [3.63, 3.8) is 0 Å². The number of benzene rings is 1. The van der Waals surface area contributed by atoms with Crippen molar-refractivity contribution in [2.75, 3.05) is 12.4 Å². The van der Waals surface area contributed by atoms with Gasteiger partial charge >= 0.3 is 0 Å². The molecule has 2 heterocycles. The molecule has 0 radical (unpaired) electrons. The SMILES string of the molecule is CCc1ccc(OCC(=O)NNC(=O)[C@H]2CS[C@]3(C)CCC(=O)N23)cc1. The van der Waals surface area contributed by atoms with E-state index in [2.05, 4.69) is 17.8 Å². The number of carbonyl (C=O) groups is 3. The Bertz CT molecular complexity index is 709. The lowest BCUT2D eigenvalue weighted by Crippen LogP contribution is -2.54. The molecule has 0 saturated carbocycles. The van der Waals surface area contributed by atoms with Crippen molar-refractivity contribution in [1.82, 2.24) is 15.8 Å². The molecular formula is C18H23N3O4S. The van der Waals surface area contributed by atoms with Gasteiger partial charge in [-0.3, -0.25) is 25.2 Å². The number of nitrogens with zero attached hydrogens (tertiary/aromatic N) is 1. The van der Waals surface area contributed by atoms with Crippen molar-refractivity contribution < 1.29 is 19.1 Å². The molecule has 0 aliphatic carbocycles. The van der Waals surface area contributed by atoms with Crippen LogP contribution in [0.2, 0.25) is 0 Å². The van der Waals surface area contributed by atoms with Gasteiger partial charge in [0, 0.05) is 12.2 Å². The highest BCUT2D eigenvalue weighted by Gasteiger charge is 2.52. The van der Waals surface area contributed by atoms with Crippen LogP contribution < -0.4 is 15.6 Å². The summed E-state index contributed by atoms with van der Waals surface area (Å²) in [7, 11) is 0. The first kappa shape index (κ1) is 18.6. The normalized spacial score (nSPS) is 24.3. The molecule has 1 aromatic carbocycles.